The Morgan fingerprint density at radius 3 is 2.60 bits per heavy atom. The van der Waals surface area contributed by atoms with E-state index in [0.717, 1.165) is 12.0 Å². The Morgan fingerprint density at radius 1 is 1.40 bits per heavy atom. The van der Waals surface area contributed by atoms with Gasteiger partial charge in [-0.1, -0.05) is 13.0 Å². The van der Waals surface area contributed by atoms with Crippen molar-refractivity contribution in [3.63, 3.8) is 0 Å². The molecule has 0 aromatic heterocycles. The first-order valence-corrected chi connectivity index (χ1v) is 6.94. The number of ether oxygens (including phenoxy) is 1. The summed E-state index contributed by atoms with van der Waals surface area (Å²) >= 11 is 0. The molecule has 0 heterocycles. The van der Waals surface area contributed by atoms with Crippen LogP contribution in [0.3, 0.4) is 0 Å². The molecule has 0 spiro atoms. The number of aryl methyl sites for hydroxylation is 1. The van der Waals surface area contributed by atoms with Gasteiger partial charge in [-0.25, -0.2) is 8.42 Å². The van der Waals surface area contributed by atoms with Gasteiger partial charge in [0.1, 0.15) is 10.6 Å². The third-order valence-corrected chi connectivity index (χ3v) is 3.17. The van der Waals surface area contributed by atoms with Crippen molar-refractivity contribution in [3.8, 4) is 5.75 Å². The number of hydrogen-bond donors (Lipinski definition) is 0. The Balaban J connectivity index is 3.15. The van der Waals surface area contributed by atoms with Crippen LogP contribution in [0.25, 0.3) is 0 Å². The molecule has 0 fully saturated rings. The van der Waals surface area contributed by atoms with Crippen molar-refractivity contribution in [2.45, 2.75) is 25.2 Å². The number of hydrogen-bond acceptors (Lipinski definition) is 3. The first kappa shape index (κ1) is 12.3. The van der Waals surface area contributed by atoms with E-state index in [1.54, 1.807) is 19.1 Å². The molecule has 1 rings (SSSR count). The van der Waals surface area contributed by atoms with Crippen LogP contribution < -0.4 is 4.74 Å². The second kappa shape index (κ2) is 4.86. The third kappa shape index (κ3) is 3.39. The quantitative estimate of drug-likeness (QED) is 0.770. The zero-order valence-corrected chi connectivity index (χ0v) is 10.2. The van der Waals surface area contributed by atoms with Crippen molar-refractivity contribution >= 4 is 19.7 Å². The third-order valence-electron chi connectivity index (χ3n) is 1.82. The molecule has 0 aliphatic carbocycles. The number of rotatable bonds is 4. The average Bonchev–Trinajstić information content (AvgIpc) is 2.14. The molecule has 1 aromatic rings. The van der Waals surface area contributed by atoms with Crippen molar-refractivity contribution in [2.75, 3.05) is 6.61 Å². The standard InChI is InChI=1S/C10H13ClO3S/c1-3-6-14-9-5-4-8(2)7-10(9)15(11,12)13/h4-5,7H,3,6H2,1-2H3. The maximum absolute atomic E-state index is 11.3. The summed E-state index contributed by atoms with van der Waals surface area (Å²) < 4.78 is 27.8. The van der Waals surface area contributed by atoms with Crippen LogP contribution in [0.2, 0.25) is 0 Å². The van der Waals surface area contributed by atoms with Crippen molar-refractivity contribution in [3.05, 3.63) is 23.8 Å². The van der Waals surface area contributed by atoms with E-state index in [9.17, 15) is 8.42 Å². The van der Waals surface area contributed by atoms with Crippen LogP contribution in [0.5, 0.6) is 5.75 Å². The molecule has 0 N–H and O–H groups in total. The topological polar surface area (TPSA) is 43.4 Å². The Morgan fingerprint density at radius 2 is 2.07 bits per heavy atom. The van der Waals surface area contributed by atoms with Crippen LogP contribution in [-0.4, -0.2) is 15.0 Å². The predicted octanol–water partition coefficient (Wildman–Crippen LogP) is 2.71. The Bertz CT molecular complexity index is 440. The van der Waals surface area contributed by atoms with Crippen LogP contribution in [0.4, 0.5) is 0 Å². The van der Waals surface area contributed by atoms with E-state index in [1.165, 1.54) is 6.07 Å². The second-order valence-electron chi connectivity index (χ2n) is 3.24. The summed E-state index contributed by atoms with van der Waals surface area (Å²) in [5, 5.41) is 0. The lowest BCUT2D eigenvalue weighted by Gasteiger charge is -2.09. The highest BCUT2D eigenvalue weighted by molar-refractivity contribution is 8.13. The lowest BCUT2D eigenvalue weighted by atomic mass is 10.2. The lowest BCUT2D eigenvalue weighted by Crippen LogP contribution is -2.01. The number of benzene rings is 1. The molecule has 0 saturated heterocycles. The van der Waals surface area contributed by atoms with Gasteiger partial charge in [0, 0.05) is 10.7 Å². The average molecular weight is 249 g/mol. The maximum Gasteiger partial charge on any atom is 0.264 e. The van der Waals surface area contributed by atoms with E-state index in [4.69, 9.17) is 15.4 Å². The van der Waals surface area contributed by atoms with Crippen LogP contribution in [-0.2, 0) is 9.05 Å². The largest absolute Gasteiger partial charge is 0.492 e. The summed E-state index contributed by atoms with van der Waals surface area (Å²) in [7, 11) is 1.57. The van der Waals surface area contributed by atoms with Gasteiger partial charge < -0.3 is 4.74 Å². The highest BCUT2D eigenvalue weighted by Gasteiger charge is 2.16. The fourth-order valence-electron chi connectivity index (χ4n) is 1.14. The molecule has 0 saturated carbocycles. The van der Waals surface area contributed by atoms with Gasteiger partial charge in [-0.2, -0.15) is 0 Å². The SMILES string of the molecule is CCCOc1ccc(C)cc1S(=O)(=O)Cl. The molecular formula is C10H13ClO3S. The Hall–Kier alpha value is -0.740. The first-order chi connectivity index (χ1) is 6.95. The van der Waals surface area contributed by atoms with E-state index in [2.05, 4.69) is 0 Å². The van der Waals surface area contributed by atoms with Crippen LogP contribution in [0.1, 0.15) is 18.9 Å². The van der Waals surface area contributed by atoms with Crippen molar-refractivity contribution in [1.82, 2.24) is 0 Å². The van der Waals surface area contributed by atoms with Crippen LogP contribution >= 0.6 is 10.7 Å². The van der Waals surface area contributed by atoms with Gasteiger partial charge in [-0.15, -0.1) is 0 Å². The maximum atomic E-state index is 11.3. The summed E-state index contributed by atoms with van der Waals surface area (Å²) in [6, 6.07) is 4.92. The van der Waals surface area contributed by atoms with E-state index in [0.29, 0.717) is 12.4 Å². The summed E-state index contributed by atoms with van der Waals surface area (Å²) in [5.74, 6) is 0.317. The highest BCUT2D eigenvalue weighted by Crippen LogP contribution is 2.27. The molecule has 0 radical (unpaired) electrons. The van der Waals surface area contributed by atoms with Crippen LogP contribution in [0.15, 0.2) is 23.1 Å². The molecule has 0 unspecified atom stereocenters. The van der Waals surface area contributed by atoms with Crippen molar-refractivity contribution < 1.29 is 13.2 Å². The molecular weight excluding hydrogens is 236 g/mol. The van der Waals surface area contributed by atoms with Gasteiger partial charge >= 0.3 is 0 Å². The van der Waals surface area contributed by atoms with Gasteiger partial charge in [-0.3, -0.25) is 0 Å². The molecule has 0 aliphatic rings. The molecule has 84 valence electrons. The Labute approximate surface area is 94.4 Å². The van der Waals surface area contributed by atoms with Crippen molar-refractivity contribution in [1.29, 1.82) is 0 Å². The second-order valence-corrected chi connectivity index (χ2v) is 5.77. The normalized spacial score (nSPS) is 11.4. The highest BCUT2D eigenvalue weighted by atomic mass is 35.7. The van der Waals surface area contributed by atoms with E-state index in [-0.39, 0.29) is 4.90 Å². The minimum Gasteiger partial charge on any atom is -0.492 e. The zero-order chi connectivity index (χ0) is 11.5. The molecule has 5 heteroatoms. The zero-order valence-electron chi connectivity index (χ0n) is 8.66. The molecule has 3 nitrogen and oxygen atoms in total. The summed E-state index contributed by atoms with van der Waals surface area (Å²) in [4.78, 5) is 0.0395. The molecule has 0 atom stereocenters. The first-order valence-electron chi connectivity index (χ1n) is 4.63. The van der Waals surface area contributed by atoms with Crippen molar-refractivity contribution in [2.24, 2.45) is 0 Å². The fourth-order valence-corrected chi connectivity index (χ4v) is 2.19. The van der Waals surface area contributed by atoms with Gasteiger partial charge in [0.15, 0.2) is 0 Å². The van der Waals surface area contributed by atoms with Gasteiger partial charge in [0.25, 0.3) is 9.05 Å². The number of halogens is 1. The van der Waals surface area contributed by atoms with E-state index >= 15 is 0 Å². The predicted molar refractivity (Wildman–Crippen MR) is 60.0 cm³/mol. The molecule has 0 aliphatic heterocycles. The van der Waals surface area contributed by atoms with Gasteiger partial charge in [0.05, 0.1) is 6.61 Å². The summed E-state index contributed by atoms with van der Waals surface area (Å²) in [5.41, 5.74) is 0.832. The molecule has 1 aromatic carbocycles. The molecule has 15 heavy (non-hydrogen) atoms. The smallest absolute Gasteiger partial charge is 0.264 e. The monoisotopic (exact) mass is 248 g/mol. The van der Waals surface area contributed by atoms with Gasteiger partial charge in [0.2, 0.25) is 0 Å². The minimum absolute atomic E-state index is 0.0395. The Kier molecular flexibility index (Phi) is 3.99. The summed E-state index contributed by atoms with van der Waals surface area (Å²) in [6.07, 6.45) is 0.815. The van der Waals surface area contributed by atoms with Crippen LogP contribution in [0, 0.1) is 6.92 Å². The van der Waals surface area contributed by atoms with E-state index < -0.39 is 9.05 Å². The van der Waals surface area contributed by atoms with Gasteiger partial charge in [-0.05, 0) is 31.0 Å². The van der Waals surface area contributed by atoms with E-state index in [1.807, 2.05) is 6.92 Å². The molecule has 0 bridgehead atoms. The minimum atomic E-state index is -3.74. The fraction of sp³-hybridized carbons (Fsp3) is 0.400. The summed E-state index contributed by atoms with van der Waals surface area (Å²) in [6.45, 7) is 4.22. The molecule has 0 amide bonds. The lowest BCUT2D eigenvalue weighted by molar-refractivity contribution is 0.309.